The van der Waals surface area contributed by atoms with Gasteiger partial charge in [0, 0.05) is 18.5 Å². The van der Waals surface area contributed by atoms with Gasteiger partial charge in [-0.2, -0.15) is 5.26 Å². The summed E-state index contributed by atoms with van der Waals surface area (Å²) in [4.78, 5) is 6.49. The van der Waals surface area contributed by atoms with Crippen LogP contribution in [0.5, 0.6) is 0 Å². The highest BCUT2D eigenvalue weighted by atomic mass is 35.5. The first-order chi connectivity index (χ1) is 11.2. The fraction of sp³-hybridized carbons (Fsp3) is 0.412. The van der Waals surface area contributed by atoms with Gasteiger partial charge >= 0.3 is 0 Å². The van der Waals surface area contributed by atoms with Crippen molar-refractivity contribution in [1.29, 1.82) is 5.26 Å². The average molecular weight is 331 g/mol. The van der Waals surface area contributed by atoms with Crippen LogP contribution in [0, 0.1) is 18.3 Å². The lowest BCUT2D eigenvalue weighted by Gasteiger charge is -2.28. The lowest BCUT2D eigenvalue weighted by atomic mass is 10.1. The van der Waals surface area contributed by atoms with Crippen molar-refractivity contribution in [3.05, 3.63) is 46.4 Å². The lowest BCUT2D eigenvalue weighted by molar-refractivity contribution is 0.255. The molecule has 0 spiro atoms. The summed E-state index contributed by atoms with van der Waals surface area (Å²) in [5.74, 6) is 0.917. The molecule has 0 aliphatic carbocycles. The Morgan fingerprint density at radius 1 is 1.39 bits per heavy atom. The molecule has 1 atom stereocenters. The first kappa shape index (κ1) is 15.9. The fourth-order valence-electron chi connectivity index (χ4n) is 3.05. The van der Waals surface area contributed by atoms with Gasteiger partial charge in [0.25, 0.3) is 0 Å². The van der Waals surface area contributed by atoms with Crippen LogP contribution in [0.4, 0.5) is 5.88 Å². The quantitative estimate of drug-likeness (QED) is 0.904. The van der Waals surface area contributed by atoms with E-state index in [1.807, 2.05) is 18.2 Å². The predicted molar refractivity (Wildman–Crippen MR) is 89.4 cm³/mol. The zero-order chi connectivity index (χ0) is 16.2. The van der Waals surface area contributed by atoms with Crippen LogP contribution in [0.1, 0.15) is 36.0 Å². The summed E-state index contributed by atoms with van der Waals surface area (Å²) in [6.07, 6.45) is 2.40. The van der Waals surface area contributed by atoms with Crippen LogP contribution in [-0.4, -0.2) is 29.5 Å². The number of benzene rings is 1. The van der Waals surface area contributed by atoms with Crippen LogP contribution in [0.2, 0.25) is 5.02 Å². The number of likely N-dealkylation sites (tertiary alicyclic amines) is 1. The number of nitrogens with one attached hydrogen (secondary N) is 1. The van der Waals surface area contributed by atoms with Gasteiger partial charge in [0.2, 0.25) is 11.6 Å². The second kappa shape index (κ2) is 7.03. The minimum Gasteiger partial charge on any atom is -0.424 e. The van der Waals surface area contributed by atoms with E-state index in [0.717, 1.165) is 23.7 Å². The van der Waals surface area contributed by atoms with Crippen LogP contribution in [-0.2, 0) is 0 Å². The minimum atomic E-state index is 0.142. The van der Waals surface area contributed by atoms with Crippen molar-refractivity contribution in [2.75, 3.05) is 25.0 Å². The summed E-state index contributed by atoms with van der Waals surface area (Å²) in [5, 5.41) is 13.1. The van der Waals surface area contributed by atoms with E-state index < -0.39 is 0 Å². The van der Waals surface area contributed by atoms with E-state index in [2.05, 4.69) is 27.3 Å². The largest absolute Gasteiger partial charge is 0.424 e. The Hall–Kier alpha value is -2.03. The van der Waals surface area contributed by atoms with E-state index in [-0.39, 0.29) is 6.04 Å². The van der Waals surface area contributed by atoms with Gasteiger partial charge in [-0.1, -0.05) is 29.8 Å². The molecule has 1 fully saturated rings. The molecular formula is C17H19ClN4O. The molecule has 6 heteroatoms. The van der Waals surface area contributed by atoms with Crippen molar-refractivity contribution in [2.45, 2.75) is 25.8 Å². The van der Waals surface area contributed by atoms with Crippen molar-refractivity contribution in [3.63, 3.8) is 0 Å². The van der Waals surface area contributed by atoms with E-state index >= 15 is 0 Å². The molecule has 3 rings (SSSR count). The number of nitrogens with zero attached hydrogens (tertiary/aromatic N) is 3. The minimum absolute atomic E-state index is 0.142. The standard InChI is InChI=1S/C17H19ClN4O/c1-12-21-15(10-19)17(23-12)20-11-16(22-8-4-5-9-22)13-6-2-3-7-14(13)18/h2-3,6-7,16,20H,4-5,8-9,11H2,1H3/t16-/m0/s1. The Morgan fingerprint density at radius 3 is 2.83 bits per heavy atom. The molecule has 23 heavy (non-hydrogen) atoms. The number of hydrogen-bond acceptors (Lipinski definition) is 5. The molecule has 0 bridgehead atoms. The van der Waals surface area contributed by atoms with Crippen LogP contribution >= 0.6 is 11.6 Å². The highest BCUT2D eigenvalue weighted by Gasteiger charge is 2.25. The molecule has 5 nitrogen and oxygen atoms in total. The van der Waals surface area contributed by atoms with E-state index in [4.69, 9.17) is 21.3 Å². The van der Waals surface area contributed by atoms with Crippen LogP contribution < -0.4 is 5.32 Å². The molecule has 0 saturated carbocycles. The number of aryl methyl sites for hydroxylation is 1. The highest BCUT2D eigenvalue weighted by Crippen LogP contribution is 2.31. The molecule has 1 aliphatic heterocycles. The third-order valence-corrected chi connectivity index (χ3v) is 4.49. The van der Waals surface area contributed by atoms with Crippen LogP contribution in [0.3, 0.4) is 0 Å². The third kappa shape index (κ3) is 3.49. The normalized spacial score (nSPS) is 16.2. The zero-order valence-corrected chi connectivity index (χ0v) is 13.8. The second-order valence-corrected chi connectivity index (χ2v) is 6.09. The number of anilines is 1. The Balaban J connectivity index is 1.82. The Bertz CT molecular complexity index is 716. The summed E-state index contributed by atoms with van der Waals surface area (Å²) >= 11 is 6.40. The fourth-order valence-corrected chi connectivity index (χ4v) is 3.31. The number of aromatic nitrogens is 1. The SMILES string of the molecule is Cc1nc(C#N)c(NC[C@@H](c2ccccc2Cl)N2CCCC2)o1. The van der Waals surface area contributed by atoms with Gasteiger partial charge in [0.05, 0.1) is 6.04 Å². The molecule has 1 aromatic carbocycles. The van der Waals surface area contributed by atoms with Crippen molar-refractivity contribution in [2.24, 2.45) is 0 Å². The van der Waals surface area contributed by atoms with Crippen molar-refractivity contribution in [1.82, 2.24) is 9.88 Å². The number of rotatable bonds is 5. The smallest absolute Gasteiger partial charge is 0.232 e. The Morgan fingerprint density at radius 2 is 2.13 bits per heavy atom. The molecule has 2 aromatic rings. The first-order valence-corrected chi connectivity index (χ1v) is 8.16. The summed E-state index contributed by atoms with van der Waals surface area (Å²) in [5.41, 5.74) is 1.39. The molecule has 0 amide bonds. The molecule has 0 unspecified atom stereocenters. The number of nitriles is 1. The Kier molecular flexibility index (Phi) is 4.85. The number of oxazole rings is 1. The van der Waals surface area contributed by atoms with Crippen molar-refractivity contribution < 1.29 is 4.42 Å². The lowest BCUT2D eigenvalue weighted by Crippen LogP contribution is -2.31. The monoisotopic (exact) mass is 330 g/mol. The van der Waals surface area contributed by atoms with Gasteiger partial charge in [0.15, 0.2) is 5.89 Å². The topological polar surface area (TPSA) is 65.1 Å². The van der Waals surface area contributed by atoms with Gasteiger partial charge in [-0.05, 0) is 37.6 Å². The van der Waals surface area contributed by atoms with Gasteiger partial charge in [-0.25, -0.2) is 4.98 Å². The number of hydrogen-bond donors (Lipinski definition) is 1. The molecule has 1 aliphatic rings. The second-order valence-electron chi connectivity index (χ2n) is 5.68. The van der Waals surface area contributed by atoms with Crippen molar-refractivity contribution in [3.8, 4) is 6.07 Å². The molecular weight excluding hydrogens is 312 g/mol. The molecule has 1 aromatic heterocycles. The van der Waals surface area contributed by atoms with E-state index in [9.17, 15) is 0 Å². The molecule has 0 radical (unpaired) electrons. The van der Waals surface area contributed by atoms with E-state index in [1.165, 1.54) is 12.8 Å². The summed E-state index contributed by atoms with van der Waals surface area (Å²) in [6, 6.07) is 10.1. The molecule has 120 valence electrons. The predicted octanol–water partition coefficient (Wildman–Crippen LogP) is 3.76. The van der Waals surface area contributed by atoms with Gasteiger partial charge in [0.1, 0.15) is 6.07 Å². The first-order valence-electron chi connectivity index (χ1n) is 7.79. The van der Waals surface area contributed by atoms with Crippen molar-refractivity contribution >= 4 is 17.5 Å². The van der Waals surface area contributed by atoms with Crippen LogP contribution in [0.25, 0.3) is 0 Å². The highest BCUT2D eigenvalue weighted by molar-refractivity contribution is 6.31. The van der Waals surface area contributed by atoms with Gasteiger partial charge in [-0.3, -0.25) is 4.90 Å². The summed E-state index contributed by atoms with van der Waals surface area (Å²) in [7, 11) is 0. The zero-order valence-electron chi connectivity index (χ0n) is 13.1. The molecule has 1 N–H and O–H groups in total. The maximum Gasteiger partial charge on any atom is 0.232 e. The summed E-state index contributed by atoms with van der Waals surface area (Å²) in [6.45, 7) is 4.46. The summed E-state index contributed by atoms with van der Waals surface area (Å²) < 4.78 is 5.49. The molecule has 1 saturated heterocycles. The van der Waals surface area contributed by atoms with Gasteiger partial charge < -0.3 is 9.73 Å². The number of halogens is 1. The molecule has 2 heterocycles. The maximum absolute atomic E-state index is 9.13. The average Bonchev–Trinajstić information content (AvgIpc) is 3.19. The third-order valence-electron chi connectivity index (χ3n) is 4.14. The van der Waals surface area contributed by atoms with E-state index in [0.29, 0.717) is 24.0 Å². The van der Waals surface area contributed by atoms with Crippen LogP contribution in [0.15, 0.2) is 28.7 Å². The Labute approximate surface area is 140 Å². The van der Waals surface area contributed by atoms with E-state index in [1.54, 1.807) is 6.92 Å². The van der Waals surface area contributed by atoms with Gasteiger partial charge in [-0.15, -0.1) is 0 Å². The maximum atomic E-state index is 9.13.